The van der Waals surface area contributed by atoms with Crippen LogP contribution in [-0.4, -0.2) is 36.6 Å². The number of benzene rings is 1. The van der Waals surface area contributed by atoms with Crippen LogP contribution in [0.15, 0.2) is 53.7 Å². The summed E-state index contributed by atoms with van der Waals surface area (Å²) in [5.74, 6) is -0.644. The topological polar surface area (TPSA) is 109 Å². The Bertz CT molecular complexity index is 1520. The lowest BCUT2D eigenvalue weighted by Gasteiger charge is -2.29. The van der Waals surface area contributed by atoms with Crippen molar-refractivity contribution in [2.24, 2.45) is 5.92 Å². The molecule has 3 aromatic heterocycles. The first-order chi connectivity index (χ1) is 16.8. The number of aliphatic hydroxyl groups excluding tert-OH is 1. The first kappa shape index (κ1) is 22.7. The Morgan fingerprint density at radius 3 is 2.66 bits per heavy atom. The van der Waals surface area contributed by atoms with E-state index in [1.807, 2.05) is 6.92 Å². The average molecular weight is 476 g/mol. The molecule has 10 heteroatoms. The van der Waals surface area contributed by atoms with Gasteiger partial charge in [0.2, 0.25) is 0 Å². The van der Waals surface area contributed by atoms with Crippen LogP contribution >= 0.6 is 0 Å². The SMILES string of the molecule is CC(CO)(Nc1cc(-n2ccc3c(cnn3Cc3c(F)cccc3F)c2=O)c(C#N)cn1)C1CC1. The molecule has 1 atom stereocenters. The lowest BCUT2D eigenvalue weighted by Crippen LogP contribution is -2.41. The molecule has 0 amide bonds. The maximum Gasteiger partial charge on any atom is 0.266 e. The van der Waals surface area contributed by atoms with Crippen LogP contribution in [0.5, 0.6) is 0 Å². The minimum atomic E-state index is -0.696. The molecule has 2 N–H and O–H groups in total. The van der Waals surface area contributed by atoms with Gasteiger partial charge in [0.05, 0.1) is 47.0 Å². The molecule has 35 heavy (non-hydrogen) atoms. The third kappa shape index (κ3) is 4.04. The van der Waals surface area contributed by atoms with Crippen molar-refractivity contribution in [3.8, 4) is 11.8 Å². The third-order valence-corrected chi connectivity index (χ3v) is 6.56. The predicted octanol–water partition coefficient (Wildman–Crippen LogP) is 3.35. The van der Waals surface area contributed by atoms with Gasteiger partial charge in [0.15, 0.2) is 0 Å². The second-order valence-electron chi connectivity index (χ2n) is 8.97. The third-order valence-electron chi connectivity index (χ3n) is 6.56. The molecule has 0 aliphatic heterocycles. The first-order valence-electron chi connectivity index (χ1n) is 11.1. The van der Waals surface area contributed by atoms with Crippen LogP contribution in [0.2, 0.25) is 0 Å². The zero-order valence-electron chi connectivity index (χ0n) is 18.9. The van der Waals surface area contributed by atoms with E-state index in [1.165, 1.54) is 46.0 Å². The number of hydrogen-bond acceptors (Lipinski definition) is 6. The van der Waals surface area contributed by atoms with Gasteiger partial charge in [-0.25, -0.2) is 13.8 Å². The van der Waals surface area contributed by atoms with Gasteiger partial charge in [-0.15, -0.1) is 0 Å². The average Bonchev–Trinajstić information content (AvgIpc) is 3.63. The van der Waals surface area contributed by atoms with Crippen LogP contribution in [0.25, 0.3) is 16.6 Å². The Kier molecular flexibility index (Phi) is 5.57. The maximum absolute atomic E-state index is 14.1. The molecule has 4 aromatic rings. The molecule has 0 saturated heterocycles. The van der Waals surface area contributed by atoms with Crippen molar-refractivity contribution in [2.45, 2.75) is 31.8 Å². The van der Waals surface area contributed by atoms with Crippen LogP contribution in [0.1, 0.15) is 30.9 Å². The van der Waals surface area contributed by atoms with Crippen molar-refractivity contribution in [1.29, 1.82) is 5.26 Å². The molecule has 1 aromatic carbocycles. The van der Waals surface area contributed by atoms with Crippen molar-refractivity contribution < 1.29 is 13.9 Å². The molecule has 1 fully saturated rings. The van der Waals surface area contributed by atoms with Crippen molar-refractivity contribution in [3.63, 3.8) is 0 Å². The number of nitrogens with zero attached hydrogens (tertiary/aromatic N) is 5. The highest BCUT2D eigenvalue weighted by Gasteiger charge is 2.41. The van der Waals surface area contributed by atoms with E-state index in [-0.39, 0.29) is 29.7 Å². The van der Waals surface area contributed by atoms with Gasteiger partial charge in [-0.3, -0.25) is 14.0 Å². The lowest BCUT2D eigenvalue weighted by molar-refractivity contribution is 0.205. The molecule has 3 heterocycles. The van der Waals surface area contributed by atoms with Crippen molar-refractivity contribution in [3.05, 3.63) is 82.0 Å². The Hall–Kier alpha value is -4.10. The number of anilines is 1. The van der Waals surface area contributed by atoms with Gasteiger partial charge < -0.3 is 10.4 Å². The largest absolute Gasteiger partial charge is 0.394 e. The summed E-state index contributed by atoms with van der Waals surface area (Å²) in [6.07, 6.45) is 6.22. The van der Waals surface area contributed by atoms with Crippen LogP contribution in [0.3, 0.4) is 0 Å². The highest BCUT2D eigenvalue weighted by Crippen LogP contribution is 2.41. The van der Waals surface area contributed by atoms with Gasteiger partial charge >= 0.3 is 0 Å². The smallest absolute Gasteiger partial charge is 0.266 e. The van der Waals surface area contributed by atoms with E-state index in [0.29, 0.717) is 22.9 Å². The van der Waals surface area contributed by atoms with Gasteiger partial charge in [0.25, 0.3) is 5.56 Å². The summed E-state index contributed by atoms with van der Waals surface area (Å²) in [4.78, 5) is 17.6. The van der Waals surface area contributed by atoms with Gasteiger partial charge in [-0.05, 0) is 43.9 Å². The zero-order valence-corrected chi connectivity index (χ0v) is 18.9. The number of rotatable bonds is 7. The van der Waals surface area contributed by atoms with Gasteiger partial charge in [-0.2, -0.15) is 10.4 Å². The maximum atomic E-state index is 14.1. The fourth-order valence-corrected chi connectivity index (χ4v) is 4.31. The molecule has 0 radical (unpaired) electrons. The number of aromatic nitrogens is 4. The highest BCUT2D eigenvalue weighted by molar-refractivity contribution is 5.78. The normalized spacial score (nSPS) is 15.1. The zero-order chi connectivity index (χ0) is 24.7. The monoisotopic (exact) mass is 476 g/mol. The molecular weight excluding hydrogens is 454 g/mol. The molecule has 1 aliphatic rings. The molecular formula is C25H22F2N6O2. The molecule has 0 bridgehead atoms. The number of hydrogen-bond donors (Lipinski definition) is 2. The molecule has 5 rings (SSSR count). The van der Waals surface area contributed by atoms with Crippen LogP contribution in [-0.2, 0) is 6.54 Å². The highest BCUT2D eigenvalue weighted by atomic mass is 19.1. The second kappa shape index (κ2) is 8.60. The van der Waals surface area contributed by atoms with E-state index in [1.54, 1.807) is 12.1 Å². The molecule has 178 valence electrons. The minimum Gasteiger partial charge on any atom is -0.394 e. The van der Waals surface area contributed by atoms with Gasteiger partial charge in [-0.1, -0.05) is 6.07 Å². The lowest BCUT2D eigenvalue weighted by atomic mass is 9.97. The standard InChI is InChI=1S/C25H22F2N6O2/c1-25(14-34,16-5-6-16)31-23-9-22(15(10-28)11-29-23)32-8-7-21-17(24(32)35)12-30-33(21)13-18-19(26)3-2-4-20(18)27/h2-4,7-9,11-12,16,34H,5-6,13-14H2,1H3,(H,29,31). The molecule has 1 saturated carbocycles. The first-order valence-corrected chi connectivity index (χ1v) is 11.1. The summed E-state index contributed by atoms with van der Waals surface area (Å²) < 4.78 is 30.9. The molecule has 8 nitrogen and oxygen atoms in total. The van der Waals surface area contributed by atoms with Crippen LogP contribution < -0.4 is 10.9 Å². The summed E-state index contributed by atoms with van der Waals surface area (Å²) >= 11 is 0. The van der Waals surface area contributed by atoms with Crippen molar-refractivity contribution in [2.75, 3.05) is 11.9 Å². The Labute approximate surface area is 199 Å². The summed E-state index contributed by atoms with van der Waals surface area (Å²) in [5, 5.41) is 27.2. The van der Waals surface area contributed by atoms with Crippen molar-refractivity contribution >= 4 is 16.7 Å². The second-order valence-corrected chi connectivity index (χ2v) is 8.97. The fourth-order valence-electron chi connectivity index (χ4n) is 4.31. The molecule has 0 spiro atoms. The van der Waals surface area contributed by atoms with Gasteiger partial charge in [0.1, 0.15) is 23.5 Å². The molecule has 1 aliphatic carbocycles. The number of aliphatic hydroxyl groups is 1. The number of nitriles is 1. The summed E-state index contributed by atoms with van der Waals surface area (Å²) in [6.45, 7) is 1.65. The predicted molar refractivity (Wildman–Crippen MR) is 125 cm³/mol. The van der Waals surface area contributed by atoms with E-state index in [9.17, 15) is 23.9 Å². The summed E-state index contributed by atoms with van der Waals surface area (Å²) in [7, 11) is 0. The Morgan fingerprint density at radius 2 is 2.00 bits per heavy atom. The van der Waals surface area contributed by atoms with Crippen LogP contribution in [0, 0.1) is 28.9 Å². The minimum absolute atomic E-state index is 0.0810. The van der Waals surface area contributed by atoms with E-state index >= 15 is 0 Å². The van der Waals surface area contributed by atoms with E-state index < -0.39 is 22.7 Å². The summed E-state index contributed by atoms with van der Waals surface area (Å²) in [6, 6.07) is 8.88. The quantitative estimate of drug-likeness (QED) is 0.424. The molecule has 1 unspecified atom stereocenters. The number of nitrogens with one attached hydrogen (secondary N) is 1. The summed E-state index contributed by atoms with van der Waals surface area (Å²) in [5.41, 5.74) is -0.238. The fraction of sp³-hybridized carbons (Fsp3) is 0.280. The van der Waals surface area contributed by atoms with Crippen LogP contribution in [0.4, 0.5) is 14.6 Å². The Morgan fingerprint density at radius 1 is 1.26 bits per heavy atom. The van der Waals surface area contributed by atoms with E-state index in [4.69, 9.17) is 0 Å². The number of halogens is 2. The van der Waals surface area contributed by atoms with Crippen molar-refractivity contribution in [1.82, 2.24) is 19.3 Å². The van der Waals surface area contributed by atoms with E-state index in [2.05, 4.69) is 21.5 Å². The number of pyridine rings is 2. The number of fused-ring (bicyclic) bond motifs is 1. The van der Waals surface area contributed by atoms with E-state index in [0.717, 1.165) is 12.8 Å². The van der Waals surface area contributed by atoms with Gasteiger partial charge in [0, 0.05) is 24.0 Å². The Balaban J connectivity index is 1.55.